The summed E-state index contributed by atoms with van der Waals surface area (Å²) in [5.41, 5.74) is 2.73. The van der Waals surface area contributed by atoms with E-state index < -0.39 is 12.0 Å². The number of carbonyl (C=O) groups excluding carboxylic acids is 1. The van der Waals surface area contributed by atoms with Gasteiger partial charge in [0.05, 0.1) is 29.9 Å². The third-order valence-corrected chi connectivity index (χ3v) is 8.52. The highest BCUT2D eigenvalue weighted by Gasteiger charge is 2.37. The van der Waals surface area contributed by atoms with E-state index >= 15 is 0 Å². The van der Waals surface area contributed by atoms with Gasteiger partial charge in [-0.2, -0.15) is 4.68 Å². The third kappa shape index (κ3) is 5.83. The van der Waals surface area contributed by atoms with Crippen LogP contribution in [0.1, 0.15) is 32.4 Å². The number of aromatic nitrogens is 6. The molecule has 40 heavy (non-hydrogen) atoms. The molecule has 0 spiro atoms. The molecule has 3 heterocycles. The van der Waals surface area contributed by atoms with E-state index in [9.17, 15) is 4.79 Å². The number of esters is 1. The Bertz CT molecular complexity index is 1530. The van der Waals surface area contributed by atoms with Crippen LogP contribution >= 0.6 is 39.0 Å². The van der Waals surface area contributed by atoms with Crippen LogP contribution in [-0.4, -0.2) is 61.9 Å². The summed E-state index contributed by atoms with van der Waals surface area (Å²) in [5.74, 6) is 1.45. The zero-order valence-corrected chi connectivity index (χ0v) is 25.2. The number of nitrogens with zero attached hydrogens (tertiary/aromatic N) is 6. The Balaban J connectivity index is 1.55. The lowest BCUT2D eigenvalue weighted by molar-refractivity contribution is -0.139. The van der Waals surface area contributed by atoms with Crippen molar-refractivity contribution in [3.05, 3.63) is 63.8 Å². The molecule has 208 valence electrons. The molecule has 1 N–H and O–H groups in total. The predicted molar refractivity (Wildman–Crippen MR) is 156 cm³/mol. The van der Waals surface area contributed by atoms with Gasteiger partial charge in [-0.3, -0.25) is 0 Å². The van der Waals surface area contributed by atoms with Crippen molar-refractivity contribution in [3.63, 3.8) is 0 Å². The second-order valence-electron chi connectivity index (χ2n) is 8.31. The summed E-state index contributed by atoms with van der Waals surface area (Å²) in [5, 5.41) is 25.0. The second kappa shape index (κ2) is 12.8. The maximum Gasteiger partial charge on any atom is 0.338 e. The van der Waals surface area contributed by atoms with Gasteiger partial charge < -0.3 is 19.5 Å². The Morgan fingerprint density at radius 3 is 2.62 bits per heavy atom. The minimum Gasteiger partial charge on any atom is -0.490 e. The first-order valence-electron chi connectivity index (χ1n) is 12.6. The number of tetrazole rings is 1. The van der Waals surface area contributed by atoms with Crippen LogP contribution in [0.25, 0.3) is 10.6 Å². The Kier molecular flexibility index (Phi) is 8.97. The molecule has 0 saturated carbocycles. The van der Waals surface area contributed by atoms with Crippen LogP contribution in [0, 0.1) is 0 Å². The van der Waals surface area contributed by atoms with Crippen molar-refractivity contribution in [2.45, 2.75) is 31.2 Å². The number of ether oxygens (including phenoxy) is 3. The van der Waals surface area contributed by atoms with Crippen molar-refractivity contribution in [2.75, 3.05) is 30.9 Å². The molecule has 0 radical (unpaired) electrons. The van der Waals surface area contributed by atoms with Gasteiger partial charge in [0.1, 0.15) is 11.0 Å². The van der Waals surface area contributed by atoms with Crippen molar-refractivity contribution in [2.24, 2.45) is 0 Å². The summed E-state index contributed by atoms with van der Waals surface area (Å²) in [6, 6.07) is 12.9. The Labute approximate surface area is 247 Å². The molecule has 0 bridgehead atoms. The molecule has 0 saturated heterocycles. The van der Waals surface area contributed by atoms with E-state index in [2.05, 4.69) is 47.0 Å². The van der Waals surface area contributed by atoms with E-state index in [-0.39, 0.29) is 6.61 Å². The van der Waals surface area contributed by atoms with Crippen molar-refractivity contribution in [1.29, 1.82) is 0 Å². The summed E-state index contributed by atoms with van der Waals surface area (Å²) >= 11 is 6.57. The number of carbonyl (C=O) groups is 1. The van der Waals surface area contributed by atoms with Gasteiger partial charge in [0, 0.05) is 17.0 Å². The van der Waals surface area contributed by atoms with E-state index in [1.54, 1.807) is 11.6 Å². The number of rotatable bonds is 11. The van der Waals surface area contributed by atoms with Crippen LogP contribution in [0.3, 0.4) is 0 Å². The predicted octanol–water partition coefficient (Wildman–Crippen LogP) is 5.38. The summed E-state index contributed by atoms with van der Waals surface area (Å²) in [6.45, 7) is 6.70. The molecule has 1 atom stereocenters. The molecule has 1 aliphatic heterocycles. The number of fused-ring (bicyclic) bond motifs is 1. The molecule has 0 fully saturated rings. The standard InChI is InChI=1S/C26H26BrN7O4S2/c1-4-36-19-13-16(12-17(27)22(19)37-5-2)21-20(24(35)38-6-3)18(28-25-30-32-33-34(21)25)14-39-26-31-29-23(40-26)15-10-8-7-9-11-15/h7-13,21H,4-6,14H2,1-3H3,(H,28,30,33). The van der Waals surface area contributed by atoms with Crippen LogP contribution in [0.5, 0.6) is 11.5 Å². The highest BCUT2D eigenvalue weighted by Crippen LogP contribution is 2.43. The summed E-state index contributed by atoms with van der Waals surface area (Å²) < 4.78 is 20.3. The van der Waals surface area contributed by atoms with E-state index in [0.717, 1.165) is 20.5 Å². The van der Waals surface area contributed by atoms with Crippen LogP contribution < -0.4 is 14.8 Å². The molecule has 11 nitrogen and oxygen atoms in total. The van der Waals surface area contributed by atoms with Gasteiger partial charge in [0.25, 0.3) is 0 Å². The van der Waals surface area contributed by atoms with Crippen LogP contribution in [0.4, 0.5) is 5.95 Å². The topological polar surface area (TPSA) is 126 Å². The Hall–Kier alpha value is -3.49. The normalized spacial score (nSPS) is 14.4. The lowest BCUT2D eigenvalue weighted by atomic mass is 9.95. The Morgan fingerprint density at radius 2 is 1.88 bits per heavy atom. The number of anilines is 1. The number of benzene rings is 2. The molecule has 4 aromatic rings. The highest BCUT2D eigenvalue weighted by atomic mass is 79.9. The van der Waals surface area contributed by atoms with Gasteiger partial charge in [-0.05, 0) is 64.8 Å². The molecule has 2 aromatic carbocycles. The number of hydrogen-bond acceptors (Lipinski definition) is 12. The van der Waals surface area contributed by atoms with Gasteiger partial charge in [-0.25, -0.2) is 4.79 Å². The van der Waals surface area contributed by atoms with Crippen molar-refractivity contribution < 1.29 is 19.0 Å². The Morgan fingerprint density at radius 1 is 1.07 bits per heavy atom. The monoisotopic (exact) mass is 643 g/mol. The van der Waals surface area contributed by atoms with Crippen LogP contribution in [-0.2, 0) is 9.53 Å². The summed E-state index contributed by atoms with van der Waals surface area (Å²) in [4.78, 5) is 13.5. The fraction of sp³-hybridized carbons (Fsp3) is 0.308. The maximum absolute atomic E-state index is 13.5. The molecule has 0 amide bonds. The summed E-state index contributed by atoms with van der Waals surface area (Å²) in [6.07, 6.45) is 0. The fourth-order valence-electron chi connectivity index (χ4n) is 4.20. The number of halogens is 1. The quantitative estimate of drug-likeness (QED) is 0.167. The number of nitrogens with one attached hydrogen (secondary N) is 1. The number of thioether (sulfide) groups is 1. The van der Waals surface area contributed by atoms with E-state index in [1.165, 1.54) is 23.1 Å². The van der Waals surface area contributed by atoms with Gasteiger partial charge in [0.2, 0.25) is 5.95 Å². The van der Waals surface area contributed by atoms with Gasteiger partial charge in [-0.15, -0.1) is 10.2 Å². The van der Waals surface area contributed by atoms with E-state index in [0.29, 0.717) is 52.2 Å². The lowest BCUT2D eigenvalue weighted by Gasteiger charge is -2.29. The van der Waals surface area contributed by atoms with Crippen LogP contribution in [0.2, 0.25) is 0 Å². The maximum atomic E-state index is 13.5. The van der Waals surface area contributed by atoms with Gasteiger partial charge >= 0.3 is 5.97 Å². The molecule has 1 aliphatic rings. The third-order valence-electron chi connectivity index (χ3n) is 5.80. The number of hydrogen-bond donors (Lipinski definition) is 1. The molecule has 5 rings (SSSR count). The van der Waals surface area contributed by atoms with Crippen LogP contribution in [0.15, 0.2) is 62.5 Å². The van der Waals surface area contributed by atoms with E-state index in [4.69, 9.17) is 14.2 Å². The average molecular weight is 645 g/mol. The van der Waals surface area contributed by atoms with Gasteiger partial charge in [0.15, 0.2) is 15.8 Å². The SMILES string of the molecule is CCOC(=O)C1=C(CSc2nnc(-c3ccccc3)s2)Nc2nnnn2C1c1cc(Br)c(OCC)c(OCC)c1. The molecule has 0 aliphatic carbocycles. The average Bonchev–Trinajstić information content (AvgIpc) is 3.63. The lowest BCUT2D eigenvalue weighted by Crippen LogP contribution is -2.31. The smallest absolute Gasteiger partial charge is 0.338 e. The van der Waals surface area contributed by atoms with Crippen molar-refractivity contribution in [1.82, 2.24) is 30.4 Å². The molecular weight excluding hydrogens is 618 g/mol. The fourth-order valence-corrected chi connectivity index (χ4v) is 6.60. The molecular formula is C26H26BrN7O4S2. The molecule has 14 heteroatoms. The van der Waals surface area contributed by atoms with E-state index in [1.807, 2.05) is 56.3 Å². The largest absolute Gasteiger partial charge is 0.490 e. The second-order valence-corrected chi connectivity index (χ2v) is 11.4. The first-order chi connectivity index (χ1) is 19.5. The minimum atomic E-state index is -0.679. The first-order valence-corrected chi connectivity index (χ1v) is 15.2. The molecule has 2 aromatic heterocycles. The van der Waals surface area contributed by atoms with Crippen molar-refractivity contribution >= 4 is 50.9 Å². The first kappa shape index (κ1) is 28.1. The minimum absolute atomic E-state index is 0.214. The van der Waals surface area contributed by atoms with Crippen molar-refractivity contribution in [3.8, 4) is 22.1 Å². The van der Waals surface area contributed by atoms with Gasteiger partial charge in [-0.1, -0.05) is 58.5 Å². The zero-order valence-electron chi connectivity index (χ0n) is 22.0. The summed E-state index contributed by atoms with van der Waals surface area (Å²) in [7, 11) is 0. The molecule has 1 unspecified atom stereocenters. The zero-order chi connectivity index (χ0) is 28.1. The highest BCUT2D eigenvalue weighted by molar-refractivity contribution is 9.10.